The summed E-state index contributed by atoms with van der Waals surface area (Å²) in [6.45, 7) is 2.72. The molecule has 6 heteroatoms. The number of rotatable bonds is 4. The molecule has 0 fully saturated rings. The van der Waals surface area contributed by atoms with Crippen LogP contribution in [-0.2, 0) is 5.41 Å². The van der Waals surface area contributed by atoms with Crippen molar-refractivity contribution in [1.29, 1.82) is 0 Å². The van der Waals surface area contributed by atoms with Crippen LogP contribution in [0.2, 0.25) is 0 Å². The maximum atomic E-state index is 12.9. The van der Waals surface area contributed by atoms with Gasteiger partial charge in [0.2, 0.25) is 5.88 Å². The number of anilines is 2. The molecule has 5 nitrogen and oxygen atoms in total. The van der Waals surface area contributed by atoms with Gasteiger partial charge in [-0.15, -0.1) is 0 Å². The van der Waals surface area contributed by atoms with Gasteiger partial charge in [0.1, 0.15) is 6.67 Å². The van der Waals surface area contributed by atoms with E-state index in [0.717, 1.165) is 4.90 Å². The van der Waals surface area contributed by atoms with E-state index < -0.39 is 18.2 Å². The molecule has 0 aliphatic carbocycles. The molecule has 0 unspecified atom stereocenters. The lowest BCUT2D eigenvalue weighted by Crippen LogP contribution is -2.23. The first kappa shape index (κ1) is 14.0. The molecule has 0 atom stereocenters. The molecule has 1 heterocycles. The van der Waals surface area contributed by atoms with E-state index in [9.17, 15) is 14.3 Å². The normalized spacial score (nSPS) is 11.3. The first-order valence-electron chi connectivity index (χ1n) is 6.07. The van der Waals surface area contributed by atoms with Crippen LogP contribution in [0.1, 0.15) is 19.5 Å². The topological polar surface area (TPSA) is 66.6 Å². The number of benzene rings is 1. The van der Waals surface area contributed by atoms with E-state index in [-0.39, 0.29) is 5.88 Å². The Bertz CT molecular complexity index is 595. The molecular formula is C14H15FN2O3. The van der Waals surface area contributed by atoms with Crippen LogP contribution in [0.25, 0.3) is 0 Å². The summed E-state index contributed by atoms with van der Waals surface area (Å²) in [5.74, 6) is 0.0419. The molecule has 1 aromatic heterocycles. The van der Waals surface area contributed by atoms with Crippen LogP contribution in [0.4, 0.5) is 20.8 Å². The van der Waals surface area contributed by atoms with Crippen LogP contribution in [0.15, 0.2) is 40.9 Å². The summed E-state index contributed by atoms with van der Waals surface area (Å²) in [6.07, 6.45) is -1.20. The van der Waals surface area contributed by atoms with Crippen LogP contribution in [0.5, 0.6) is 0 Å². The number of hydrogen-bond donors (Lipinski definition) is 1. The molecule has 0 radical (unpaired) electrons. The number of carbonyl (C=O) groups is 1. The average Bonchev–Trinajstić information content (AvgIpc) is 2.90. The van der Waals surface area contributed by atoms with E-state index in [1.165, 1.54) is 6.07 Å². The fourth-order valence-electron chi connectivity index (χ4n) is 1.67. The Labute approximate surface area is 115 Å². The minimum Gasteiger partial charge on any atom is -0.464 e. The van der Waals surface area contributed by atoms with E-state index in [0.29, 0.717) is 11.4 Å². The molecule has 1 aromatic carbocycles. The van der Waals surface area contributed by atoms with Gasteiger partial charge in [-0.3, -0.25) is 4.39 Å². The highest BCUT2D eigenvalue weighted by molar-refractivity contribution is 5.93. The molecule has 0 spiro atoms. The van der Waals surface area contributed by atoms with Gasteiger partial charge in [-0.2, -0.15) is 0 Å². The fourth-order valence-corrected chi connectivity index (χ4v) is 1.67. The van der Waals surface area contributed by atoms with Crippen LogP contribution in [0.3, 0.4) is 0 Å². The van der Waals surface area contributed by atoms with Crippen molar-refractivity contribution in [3.8, 4) is 0 Å². The lowest BCUT2D eigenvalue weighted by molar-refractivity contribution is 0.203. The predicted molar refractivity (Wildman–Crippen MR) is 72.1 cm³/mol. The van der Waals surface area contributed by atoms with Gasteiger partial charge in [0.15, 0.2) is 0 Å². The SMILES string of the molecule is CC(C)(CF)c1cc(N(C(=O)O)c2ccccc2)on1. The second-order valence-corrected chi connectivity index (χ2v) is 5.02. The Morgan fingerprint density at radius 3 is 2.60 bits per heavy atom. The number of aromatic nitrogens is 1. The molecule has 2 rings (SSSR count). The van der Waals surface area contributed by atoms with Crippen molar-refractivity contribution in [3.63, 3.8) is 0 Å². The molecule has 0 aliphatic heterocycles. The Balaban J connectivity index is 2.40. The summed E-state index contributed by atoms with van der Waals surface area (Å²) < 4.78 is 18.0. The van der Waals surface area contributed by atoms with Crippen molar-refractivity contribution in [3.05, 3.63) is 42.1 Å². The summed E-state index contributed by atoms with van der Waals surface area (Å²) in [7, 11) is 0. The van der Waals surface area contributed by atoms with Gasteiger partial charge in [0, 0.05) is 11.5 Å². The lowest BCUT2D eigenvalue weighted by atomic mass is 9.91. The number of nitrogens with zero attached hydrogens (tertiary/aromatic N) is 2. The molecule has 0 aliphatic rings. The first-order valence-corrected chi connectivity index (χ1v) is 6.07. The van der Waals surface area contributed by atoms with Crippen molar-refractivity contribution in [1.82, 2.24) is 5.16 Å². The molecule has 1 amide bonds. The number of carboxylic acid groups (broad SMARTS) is 1. The quantitative estimate of drug-likeness (QED) is 0.925. The predicted octanol–water partition coefficient (Wildman–Crippen LogP) is 3.74. The fraction of sp³-hybridized carbons (Fsp3) is 0.286. The Kier molecular flexibility index (Phi) is 3.74. The molecule has 0 saturated carbocycles. The number of para-hydroxylation sites is 1. The third-order valence-electron chi connectivity index (χ3n) is 2.95. The van der Waals surface area contributed by atoms with Gasteiger partial charge in [-0.05, 0) is 12.1 Å². The highest BCUT2D eigenvalue weighted by Gasteiger charge is 2.28. The van der Waals surface area contributed by atoms with Crippen molar-refractivity contribution in [2.24, 2.45) is 0 Å². The summed E-state index contributed by atoms with van der Waals surface area (Å²) in [5, 5.41) is 13.1. The lowest BCUT2D eigenvalue weighted by Gasteiger charge is -2.16. The Morgan fingerprint density at radius 1 is 1.40 bits per heavy atom. The number of halogens is 1. The zero-order valence-corrected chi connectivity index (χ0v) is 11.2. The van der Waals surface area contributed by atoms with Gasteiger partial charge >= 0.3 is 6.09 Å². The molecule has 0 saturated heterocycles. The van der Waals surface area contributed by atoms with Crippen LogP contribution >= 0.6 is 0 Å². The van der Waals surface area contributed by atoms with Crippen LogP contribution in [0, 0.1) is 0 Å². The summed E-state index contributed by atoms with van der Waals surface area (Å²) >= 11 is 0. The summed E-state index contributed by atoms with van der Waals surface area (Å²) in [6, 6.07) is 9.93. The number of hydrogen-bond acceptors (Lipinski definition) is 3. The van der Waals surface area contributed by atoms with E-state index in [4.69, 9.17) is 4.52 Å². The highest BCUT2D eigenvalue weighted by Crippen LogP contribution is 2.30. The largest absolute Gasteiger partial charge is 0.464 e. The van der Waals surface area contributed by atoms with Gasteiger partial charge in [-0.1, -0.05) is 37.2 Å². The van der Waals surface area contributed by atoms with E-state index in [1.54, 1.807) is 44.2 Å². The molecule has 2 aromatic rings. The molecule has 20 heavy (non-hydrogen) atoms. The molecule has 106 valence electrons. The van der Waals surface area contributed by atoms with E-state index in [1.807, 2.05) is 0 Å². The monoisotopic (exact) mass is 278 g/mol. The van der Waals surface area contributed by atoms with Gasteiger partial charge < -0.3 is 9.63 Å². The zero-order chi connectivity index (χ0) is 14.8. The summed E-state index contributed by atoms with van der Waals surface area (Å²) in [5.41, 5.74) is -0.0132. The van der Waals surface area contributed by atoms with E-state index >= 15 is 0 Å². The van der Waals surface area contributed by atoms with Crippen molar-refractivity contribution in [2.75, 3.05) is 11.6 Å². The minimum atomic E-state index is -1.20. The van der Waals surface area contributed by atoms with Crippen molar-refractivity contribution >= 4 is 17.7 Å². The van der Waals surface area contributed by atoms with Crippen LogP contribution in [-0.4, -0.2) is 23.0 Å². The molecular weight excluding hydrogens is 263 g/mol. The van der Waals surface area contributed by atoms with Gasteiger partial charge in [0.25, 0.3) is 0 Å². The van der Waals surface area contributed by atoms with Crippen LogP contribution < -0.4 is 4.90 Å². The Morgan fingerprint density at radius 2 is 2.05 bits per heavy atom. The van der Waals surface area contributed by atoms with Crippen molar-refractivity contribution < 1.29 is 18.8 Å². The summed E-state index contributed by atoms with van der Waals surface area (Å²) in [4.78, 5) is 12.4. The minimum absolute atomic E-state index is 0.0419. The number of amides is 1. The zero-order valence-electron chi connectivity index (χ0n) is 11.2. The number of alkyl halides is 1. The maximum Gasteiger partial charge on any atom is 0.418 e. The first-order chi connectivity index (χ1) is 9.45. The average molecular weight is 278 g/mol. The van der Waals surface area contributed by atoms with E-state index in [2.05, 4.69) is 5.16 Å². The molecule has 1 N–H and O–H groups in total. The molecule has 0 bridgehead atoms. The third kappa shape index (κ3) is 2.64. The second kappa shape index (κ2) is 5.32. The second-order valence-electron chi connectivity index (χ2n) is 5.02. The standard InChI is InChI=1S/C14H15FN2O3/c1-14(2,9-15)11-8-12(20-16-11)17(13(18)19)10-6-4-3-5-7-10/h3-8H,9H2,1-2H3,(H,18,19). The highest BCUT2D eigenvalue weighted by atomic mass is 19.1. The maximum absolute atomic E-state index is 12.9. The van der Waals surface area contributed by atoms with Crippen molar-refractivity contribution in [2.45, 2.75) is 19.3 Å². The smallest absolute Gasteiger partial charge is 0.418 e. The third-order valence-corrected chi connectivity index (χ3v) is 2.95. The van der Waals surface area contributed by atoms with Gasteiger partial charge in [-0.25, -0.2) is 9.69 Å². The van der Waals surface area contributed by atoms with Gasteiger partial charge in [0.05, 0.1) is 11.4 Å². The Hall–Kier alpha value is -2.37.